The molecular formula is C13H16F3N. The summed E-state index contributed by atoms with van der Waals surface area (Å²) < 4.78 is 39.7. The highest BCUT2D eigenvalue weighted by atomic mass is 19.2. The Morgan fingerprint density at radius 1 is 0.941 bits per heavy atom. The fraction of sp³-hybridized carbons (Fsp3) is 0.538. The summed E-state index contributed by atoms with van der Waals surface area (Å²) in [7, 11) is 0. The second-order valence-corrected chi connectivity index (χ2v) is 4.67. The number of nitrogens with two attached hydrogens (primary N) is 1. The molecule has 1 aliphatic rings. The van der Waals surface area contributed by atoms with Crippen LogP contribution in [0.4, 0.5) is 13.2 Å². The van der Waals surface area contributed by atoms with E-state index in [1.165, 1.54) is 6.07 Å². The van der Waals surface area contributed by atoms with Crippen LogP contribution >= 0.6 is 0 Å². The maximum atomic E-state index is 13.7. The summed E-state index contributed by atoms with van der Waals surface area (Å²) in [5.41, 5.74) is 6.21. The van der Waals surface area contributed by atoms with Gasteiger partial charge in [0.2, 0.25) is 0 Å². The van der Waals surface area contributed by atoms with Crippen LogP contribution in [0.25, 0.3) is 0 Å². The van der Waals surface area contributed by atoms with Crippen LogP contribution in [-0.2, 0) is 0 Å². The van der Waals surface area contributed by atoms with Gasteiger partial charge in [-0.25, -0.2) is 13.2 Å². The molecule has 1 fully saturated rings. The molecule has 1 aromatic rings. The first-order chi connectivity index (χ1) is 8.11. The molecule has 0 aliphatic heterocycles. The highest BCUT2D eigenvalue weighted by Gasteiger charge is 2.26. The van der Waals surface area contributed by atoms with E-state index in [9.17, 15) is 13.2 Å². The van der Waals surface area contributed by atoms with Crippen LogP contribution in [-0.4, -0.2) is 6.04 Å². The molecule has 17 heavy (non-hydrogen) atoms. The van der Waals surface area contributed by atoms with Crippen molar-refractivity contribution in [3.05, 3.63) is 35.1 Å². The Balaban J connectivity index is 2.35. The molecule has 0 saturated heterocycles. The second-order valence-electron chi connectivity index (χ2n) is 4.67. The molecule has 0 bridgehead atoms. The molecule has 1 aromatic carbocycles. The highest BCUT2D eigenvalue weighted by Crippen LogP contribution is 2.33. The van der Waals surface area contributed by atoms with E-state index in [0.717, 1.165) is 38.2 Å². The van der Waals surface area contributed by atoms with Crippen molar-refractivity contribution in [3.63, 3.8) is 0 Å². The van der Waals surface area contributed by atoms with Gasteiger partial charge in [-0.15, -0.1) is 0 Å². The van der Waals surface area contributed by atoms with Gasteiger partial charge in [0.05, 0.1) is 0 Å². The Hall–Kier alpha value is -1.03. The van der Waals surface area contributed by atoms with E-state index >= 15 is 0 Å². The molecule has 0 radical (unpaired) electrons. The molecule has 4 heteroatoms. The van der Waals surface area contributed by atoms with Crippen LogP contribution < -0.4 is 5.73 Å². The SMILES string of the molecule is NC1CCCCCC1c1ccc(F)c(F)c1F. The van der Waals surface area contributed by atoms with E-state index in [4.69, 9.17) is 5.73 Å². The molecule has 2 atom stereocenters. The van der Waals surface area contributed by atoms with Crippen LogP contribution in [0, 0.1) is 17.5 Å². The fourth-order valence-electron chi connectivity index (χ4n) is 2.55. The van der Waals surface area contributed by atoms with Gasteiger partial charge in [-0.1, -0.05) is 25.3 Å². The van der Waals surface area contributed by atoms with Crippen molar-refractivity contribution in [2.75, 3.05) is 0 Å². The zero-order valence-corrected chi connectivity index (χ0v) is 9.56. The van der Waals surface area contributed by atoms with Gasteiger partial charge < -0.3 is 5.73 Å². The molecule has 0 spiro atoms. The topological polar surface area (TPSA) is 26.0 Å². The van der Waals surface area contributed by atoms with E-state index in [1.54, 1.807) is 0 Å². The quantitative estimate of drug-likeness (QED) is 0.593. The normalized spacial score (nSPS) is 25.6. The van der Waals surface area contributed by atoms with E-state index in [0.29, 0.717) is 0 Å². The molecule has 0 heterocycles. The standard InChI is InChI=1S/C13H16F3N/c14-10-7-6-9(12(15)13(10)16)8-4-2-1-3-5-11(8)17/h6-8,11H,1-5,17H2. The second kappa shape index (κ2) is 5.08. The summed E-state index contributed by atoms with van der Waals surface area (Å²) in [4.78, 5) is 0. The Bertz CT molecular complexity index is 406. The van der Waals surface area contributed by atoms with Gasteiger partial charge >= 0.3 is 0 Å². The number of benzene rings is 1. The maximum absolute atomic E-state index is 13.7. The van der Waals surface area contributed by atoms with E-state index in [1.807, 2.05) is 0 Å². The van der Waals surface area contributed by atoms with Crippen molar-refractivity contribution in [1.29, 1.82) is 0 Å². The molecular weight excluding hydrogens is 227 g/mol. The van der Waals surface area contributed by atoms with Gasteiger partial charge in [0, 0.05) is 12.0 Å². The van der Waals surface area contributed by atoms with Gasteiger partial charge in [0.25, 0.3) is 0 Å². The monoisotopic (exact) mass is 243 g/mol. The highest BCUT2D eigenvalue weighted by molar-refractivity contribution is 5.25. The summed E-state index contributed by atoms with van der Waals surface area (Å²) in [6, 6.07) is 2.13. The van der Waals surface area contributed by atoms with Crippen LogP contribution in [0.2, 0.25) is 0 Å². The molecule has 94 valence electrons. The van der Waals surface area contributed by atoms with Crippen molar-refractivity contribution in [3.8, 4) is 0 Å². The van der Waals surface area contributed by atoms with Gasteiger partial charge in [-0.3, -0.25) is 0 Å². The lowest BCUT2D eigenvalue weighted by Gasteiger charge is -2.22. The predicted molar refractivity (Wildman–Crippen MR) is 60.1 cm³/mol. The summed E-state index contributed by atoms with van der Waals surface area (Å²) in [6.07, 6.45) is 4.58. The maximum Gasteiger partial charge on any atom is 0.194 e. The Morgan fingerprint density at radius 3 is 2.41 bits per heavy atom. The Kier molecular flexibility index (Phi) is 3.72. The first kappa shape index (κ1) is 12.4. The van der Waals surface area contributed by atoms with Gasteiger partial charge in [-0.2, -0.15) is 0 Å². The first-order valence-electron chi connectivity index (χ1n) is 6.00. The lowest BCUT2D eigenvalue weighted by molar-refractivity contribution is 0.419. The molecule has 2 N–H and O–H groups in total. The minimum Gasteiger partial charge on any atom is -0.327 e. The van der Waals surface area contributed by atoms with Crippen molar-refractivity contribution >= 4 is 0 Å². The number of hydrogen-bond donors (Lipinski definition) is 1. The smallest absolute Gasteiger partial charge is 0.194 e. The van der Waals surface area contributed by atoms with Crippen LogP contribution in [0.1, 0.15) is 43.6 Å². The van der Waals surface area contributed by atoms with E-state index in [2.05, 4.69) is 0 Å². The van der Waals surface area contributed by atoms with Crippen LogP contribution in [0.5, 0.6) is 0 Å². The first-order valence-corrected chi connectivity index (χ1v) is 6.00. The number of halogens is 3. The largest absolute Gasteiger partial charge is 0.327 e. The molecule has 2 rings (SSSR count). The molecule has 1 aliphatic carbocycles. The minimum absolute atomic E-state index is 0.170. The summed E-state index contributed by atoms with van der Waals surface area (Å²) in [6.45, 7) is 0. The molecule has 0 aromatic heterocycles. The minimum atomic E-state index is -1.39. The average molecular weight is 243 g/mol. The molecule has 1 nitrogen and oxygen atoms in total. The Morgan fingerprint density at radius 2 is 1.65 bits per heavy atom. The zero-order valence-electron chi connectivity index (χ0n) is 9.56. The third-order valence-electron chi connectivity index (χ3n) is 3.53. The number of hydrogen-bond acceptors (Lipinski definition) is 1. The van der Waals surface area contributed by atoms with Gasteiger partial charge in [0.1, 0.15) is 0 Å². The van der Waals surface area contributed by atoms with Crippen molar-refractivity contribution < 1.29 is 13.2 Å². The van der Waals surface area contributed by atoms with Crippen LogP contribution in [0.15, 0.2) is 12.1 Å². The van der Waals surface area contributed by atoms with Crippen molar-refractivity contribution in [2.24, 2.45) is 5.73 Å². The summed E-state index contributed by atoms with van der Waals surface area (Å²) in [5, 5.41) is 0. The lowest BCUT2D eigenvalue weighted by Crippen LogP contribution is -2.28. The number of rotatable bonds is 1. The van der Waals surface area contributed by atoms with E-state index < -0.39 is 17.5 Å². The lowest BCUT2D eigenvalue weighted by atomic mass is 9.87. The zero-order chi connectivity index (χ0) is 12.4. The third-order valence-corrected chi connectivity index (χ3v) is 3.53. The summed E-state index contributed by atoms with van der Waals surface area (Å²) in [5.74, 6) is -3.81. The average Bonchev–Trinajstić information content (AvgIpc) is 2.52. The van der Waals surface area contributed by atoms with Crippen molar-refractivity contribution in [2.45, 2.75) is 44.1 Å². The molecule has 2 unspecified atom stereocenters. The van der Waals surface area contributed by atoms with Crippen LogP contribution in [0.3, 0.4) is 0 Å². The third kappa shape index (κ3) is 2.46. The fourth-order valence-corrected chi connectivity index (χ4v) is 2.55. The summed E-state index contributed by atoms with van der Waals surface area (Å²) >= 11 is 0. The Labute approximate surface area is 98.8 Å². The van der Waals surface area contributed by atoms with E-state index in [-0.39, 0.29) is 17.5 Å². The van der Waals surface area contributed by atoms with Gasteiger partial charge in [0.15, 0.2) is 17.5 Å². The van der Waals surface area contributed by atoms with Crippen molar-refractivity contribution in [1.82, 2.24) is 0 Å². The van der Waals surface area contributed by atoms with Gasteiger partial charge in [-0.05, 0) is 24.5 Å². The predicted octanol–water partition coefficient (Wildman–Crippen LogP) is 3.48. The molecule has 1 saturated carbocycles. The molecule has 0 amide bonds.